The molecule has 0 spiro atoms. The Hall–Kier alpha value is -2.29. The first-order valence-electron chi connectivity index (χ1n) is 8.15. The highest BCUT2D eigenvalue weighted by Gasteiger charge is 2.30. The summed E-state index contributed by atoms with van der Waals surface area (Å²) < 4.78 is 46.8. The van der Waals surface area contributed by atoms with E-state index in [0.29, 0.717) is 19.4 Å². The van der Waals surface area contributed by atoms with Crippen LogP contribution < -0.4 is 15.4 Å². The fourth-order valence-electron chi connectivity index (χ4n) is 2.75. The molecule has 1 heterocycles. The zero-order chi connectivity index (χ0) is 19.3. The van der Waals surface area contributed by atoms with E-state index >= 15 is 0 Å². The number of piperidine rings is 1. The maximum atomic E-state index is 12.5. The summed E-state index contributed by atoms with van der Waals surface area (Å²) in [7, 11) is 1.16. The average molecular weight is 374 g/mol. The van der Waals surface area contributed by atoms with E-state index in [4.69, 9.17) is 4.74 Å². The quantitative estimate of drug-likeness (QED) is 0.775. The Labute approximate surface area is 149 Å². The number of amides is 1. The van der Waals surface area contributed by atoms with Crippen LogP contribution in [0.2, 0.25) is 0 Å². The number of halogens is 3. The second-order valence-electron chi connectivity index (χ2n) is 6.17. The second-order valence-corrected chi connectivity index (χ2v) is 6.17. The number of methoxy groups -OCH3 is 1. The summed E-state index contributed by atoms with van der Waals surface area (Å²) >= 11 is 0. The van der Waals surface area contributed by atoms with Gasteiger partial charge in [-0.05, 0) is 44.5 Å². The zero-order valence-electron chi connectivity index (χ0n) is 14.5. The summed E-state index contributed by atoms with van der Waals surface area (Å²) in [5, 5.41) is 5.83. The van der Waals surface area contributed by atoms with E-state index in [9.17, 15) is 22.8 Å². The fraction of sp³-hybridized carbons (Fsp3) is 0.529. The number of alkyl halides is 3. The van der Waals surface area contributed by atoms with Gasteiger partial charge in [-0.1, -0.05) is 0 Å². The Morgan fingerprint density at radius 3 is 2.69 bits per heavy atom. The molecular formula is C17H21F3N2O4. The summed E-state index contributed by atoms with van der Waals surface area (Å²) in [6, 6.07) is 3.99. The molecule has 1 aromatic rings. The van der Waals surface area contributed by atoms with Crippen molar-refractivity contribution >= 4 is 17.6 Å². The molecule has 1 aliphatic heterocycles. The maximum Gasteiger partial charge on any atom is 0.422 e. The smallest absolute Gasteiger partial charge is 0.422 e. The molecule has 1 aromatic carbocycles. The van der Waals surface area contributed by atoms with Crippen LogP contribution in [0.3, 0.4) is 0 Å². The van der Waals surface area contributed by atoms with Gasteiger partial charge in [0.25, 0.3) is 0 Å². The van der Waals surface area contributed by atoms with Gasteiger partial charge >= 0.3 is 12.1 Å². The Kier molecular flexibility index (Phi) is 6.47. The SMILES string of the molecule is COC(=O)c1ccc(NC(=O)[C@H]2CCN[C@@H](C)C2)c(OCC(F)(F)F)c1. The molecule has 6 nitrogen and oxygen atoms in total. The lowest BCUT2D eigenvalue weighted by molar-refractivity contribution is -0.153. The molecule has 26 heavy (non-hydrogen) atoms. The van der Waals surface area contributed by atoms with Crippen molar-refractivity contribution in [3.63, 3.8) is 0 Å². The lowest BCUT2D eigenvalue weighted by Gasteiger charge is -2.27. The molecule has 1 saturated heterocycles. The van der Waals surface area contributed by atoms with Crippen LogP contribution >= 0.6 is 0 Å². The van der Waals surface area contributed by atoms with Gasteiger partial charge < -0.3 is 20.1 Å². The second kappa shape index (κ2) is 8.39. The van der Waals surface area contributed by atoms with E-state index in [0.717, 1.165) is 13.2 Å². The predicted molar refractivity (Wildman–Crippen MR) is 88.1 cm³/mol. The number of carbonyl (C=O) groups is 2. The molecule has 0 aromatic heterocycles. The minimum absolute atomic E-state index is 0.0261. The van der Waals surface area contributed by atoms with Crippen LogP contribution in [0.4, 0.5) is 18.9 Å². The van der Waals surface area contributed by atoms with Crippen molar-refractivity contribution in [1.82, 2.24) is 5.32 Å². The first-order valence-corrected chi connectivity index (χ1v) is 8.15. The summed E-state index contributed by atoms with van der Waals surface area (Å²) in [5.74, 6) is -1.49. The minimum Gasteiger partial charge on any atom is -0.482 e. The van der Waals surface area contributed by atoms with Crippen molar-refractivity contribution in [3.05, 3.63) is 23.8 Å². The van der Waals surface area contributed by atoms with E-state index in [-0.39, 0.29) is 34.9 Å². The largest absolute Gasteiger partial charge is 0.482 e. The number of nitrogens with one attached hydrogen (secondary N) is 2. The monoisotopic (exact) mass is 374 g/mol. The number of esters is 1. The van der Waals surface area contributed by atoms with Crippen molar-refractivity contribution in [2.45, 2.75) is 32.0 Å². The van der Waals surface area contributed by atoms with Crippen molar-refractivity contribution in [2.75, 3.05) is 25.6 Å². The summed E-state index contributed by atoms with van der Waals surface area (Å²) in [5.41, 5.74) is 0.108. The van der Waals surface area contributed by atoms with Gasteiger partial charge in [0.1, 0.15) is 5.75 Å². The molecular weight excluding hydrogens is 353 g/mol. The molecule has 0 radical (unpaired) electrons. The molecule has 144 valence electrons. The number of benzene rings is 1. The minimum atomic E-state index is -4.55. The molecule has 0 bridgehead atoms. The lowest BCUT2D eigenvalue weighted by atomic mass is 9.92. The van der Waals surface area contributed by atoms with E-state index in [1.807, 2.05) is 6.92 Å². The number of hydrogen-bond acceptors (Lipinski definition) is 5. The summed E-state index contributed by atoms with van der Waals surface area (Å²) in [6.07, 6.45) is -3.28. The first-order chi connectivity index (χ1) is 12.2. The van der Waals surface area contributed by atoms with Gasteiger partial charge in [0.05, 0.1) is 18.4 Å². The Balaban J connectivity index is 2.19. The molecule has 1 aliphatic rings. The topological polar surface area (TPSA) is 76.7 Å². The molecule has 1 fully saturated rings. The van der Waals surface area contributed by atoms with Crippen LogP contribution in [0.1, 0.15) is 30.1 Å². The van der Waals surface area contributed by atoms with Crippen molar-refractivity contribution in [2.24, 2.45) is 5.92 Å². The highest BCUT2D eigenvalue weighted by atomic mass is 19.4. The third-order valence-electron chi connectivity index (χ3n) is 4.05. The number of rotatable bonds is 5. The van der Waals surface area contributed by atoms with Gasteiger partial charge in [-0.2, -0.15) is 13.2 Å². The molecule has 2 atom stereocenters. The van der Waals surface area contributed by atoms with E-state index in [1.165, 1.54) is 12.1 Å². The molecule has 9 heteroatoms. The van der Waals surface area contributed by atoms with Crippen LogP contribution in [-0.2, 0) is 9.53 Å². The van der Waals surface area contributed by atoms with E-state index in [1.54, 1.807) is 0 Å². The van der Waals surface area contributed by atoms with Gasteiger partial charge in [0, 0.05) is 12.0 Å². The summed E-state index contributed by atoms with van der Waals surface area (Å²) in [4.78, 5) is 24.0. The lowest BCUT2D eigenvalue weighted by Crippen LogP contribution is -2.40. The highest BCUT2D eigenvalue weighted by molar-refractivity contribution is 5.96. The third-order valence-corrected chi connectivity index (χ3v) is 4.05. The van der Waals surface area contributed by atoms with Crippen LogP contribution in [0, 0.1) is 5.92 Å². The van der Waals surface area contributed by atoms with Crippen molar-refractivity contribution in [3.8, 4) is 5.75 Å². The van der Waals surface area contributed by atoms with Gasteiger partial charge in [0.2, 0.25) is 5.91 Å². The van der Waals surface area contributed by atoms with Crippen molar-refractivity contribution < 1.29 is 32.2 Å². The number of ether oxygens (including phenoxy) is 2. The van der Waals surface area contributed by atoms with Crippen LogP contribution in [0.25, 0.3) is 0 Å². The maximum absolute atomic E-state index is 12.5. The number of carbonyl (C=O) groups excluding carboxylic acids is 2. The van der Waals surface area contributed by atoms with Gasteiger partial charge in [-0.15, -0.1) is 0 Å². The average Bonchev–Trinajstić information content (AvgIpc) is 2.59. The van der Waals surface area contributed by atoms with Gasteiger partial charge in [-0.3, -0.25) is 4.79 Å². The molecule has 0 unspecified atom stereocenters. The third kappa shape index (κ3) is 5.62. The zero-order valence-corrected chi connectivity index (χ0v) is 14.5. The fourth-order valence-corrected chi connectivity index (χ4v) is 2.75. The van der Waals surface area contributed by atoms with Gasteiger partial charge in [-0.25, -0.2) is 4.79 Å². The predicted octanol–water partition coefficient (Wildman–Crippen LogP) is 2.74. The number of anilines is 1. The van der Waals surface area contributed by atoms with Crippen LogP contribution in [-0.4, -0.2) is 44.4 Å². The first kappa shape index (κ1) is 20.0. The summed E-state index contributed by atoms with van der Waals surface area (Å²) in [6.45, 7) is 1.12. The van der Waals surface area contributed by atoms with Crippen molar-refractivity contribution in [1.29, 1.82) is 0 Å². The normalized spacial score (nSPS) is 20.3. The van der Waals surface area contributed by atoms with E-state index < -0.39 is 18.8 Å². The molecule has 0 aliphatic carbocycles. The standard InChI is InChI=1S/C17H21F3N2O4/c1-10-7-11(5-6-21-10)15(23)22-13-4-3-12(16(24)25-2)8-14(13)26-9-17(18,19)20/h3-4,8,10-11,21H,5-7,9H2,1-2H3,(H,22,23)/t10-,11-/m0/s1. The highest BCUT2D eigenvalue weighted by Crippen LogP contribution is 2.30. The Morgan fingerprint density at radius 1 is 1.35 bits per heavy atom. The van der Waals surface area contributed by atoms with Crippen LogP contribution in [0.15, 0.2) is 18.2 Å². The van der Waals surface area contributed by atoms with Gasteiger partial charge in [0.15, 0.2) is 6.61 Å². The molecule has 1 amide bonds. The molecule has 2 rings (SSSR count). The van der Waals surface area contributed by atoms with E-state index in [2.05, 4.69) is 15.4 Å². The molecule has 2 N–H and O–H groups in total. The Bertz CT molecular complexity index is 664. The van der Waals surface area contributed by atoms with Crippen LogP contribution in [0.5, 0.6) is 5.75 Å². The number of hydrogen-bond donors (Lipinski definition) is 2. The molecule has 0 saturated carbocycles. The Morgan fingerprint density at radius 2 is 2.08 bits per heavy atom.